The van der Waals surface area contributed by atoms with Crippen LogP contribution in [0.15, 0.2) is 65.7 Å². The van der Waals surface area contributed by atoms with Crippen molar-refractivity contribution in [2.45, 2.75) is 25.8 Å². The lowest BCUT2D eigenvalue weighted by atomic mass is 10.1. The van der Waals surface area contributed by atoms with E-state index < -0.39 is 0 Å². The number of pyridine rings is 1. The van der Waals surface area contributed by atoms with E-state index in [4.69, 9.17) is 4.42 Å². The molecule has 0 bridgehead atoms. The number of fused-ring (bicyclic) bond motifs is 1. The zero-order valence-corrected chi connectivity index (χ0v) is 15.0. The van der Waals surface area contributed by atoms with E-state index in [2.05, 4.69) is 53.8 Å². The lowest BCUT2D eigenvalue weighted by molar-refractivity contribution is 0.0952. The summed E-state index contributed by atoms with van der Waals surface area (Å²) in [4.78, 5) is 17.1. The number of benzene rings is 1. The van der Waals surface area contributed by atoms with Gasteiger partial charge in [0.2, 0.25) is 0 Å². The van der Waals surface area contributed by atoms with Crippen LogP contribution in [0.2, 0.25) is 0 Å². The van der Waals surface area contributed by atoms with Crippen LogP contribution in [0.4, 0.5) is 0 Å². The summed E-state index contributed by atoms with van der Waals surface area (Å²) in [6, 6.07) is 14.7. The van der Waals surface area contributed by atoms with Crippen molar-refractivity contribution in [2.75, 3.05) is 0 Å². The maximum atomic E-state index is 12.8. The Labute approximate surface area is 156 Å². The monoisotopic (exact) mass is 357 g/mol. The quantitative estimate of drug-likeness (QED) is 0.586. The van der Waals surface area contributed by atoms with Crippen LogP contribution in [-0.4, -0.2) is 21.3 Å². The zero-order chi connectivity index (χ0) is 18.4. The third kappa shape index (κ3) is 2.91. The van der Waals surface area contributed by atoms with Gasteiger partial charge in [-0.15, -0.1) is 0 Å². The number of nitrogens with one attached hydrogen (secondary N) is 1. The largest absolute Gasteiger partial charge is 0.451 e. The highest BCUT2D eigenvalue weighted by Gasteiger charge is 2.27. The van der Waals surface area contributed by atoms with E-state index in [-0.39, 0.29) is 5.91 Å². The Bertz CT molecular complexity index is 1140. The van der Waals surface area contributed by atoms with Crippen LogP contribution in [0.25, 0.3) is 28.0 Å². The number of carbonyl (C=O) groups excluding carboxylic acids is 1. The molecule has 3 aromatic heterocycles. The minimum absolute atomic E-state index is 0.0590. The molecule has 0 spiro atoms. The van der Waals surface area contributed by atoms with Gasteiger partial charge in [-0.05, 0) is 43.0 Å². The van der Waals surface area contributed by atoms with Crippen molar-refractivity contribution >= 4 is 11.4 Å². The van der Waals surface area contributed by atoms with Gasteiger partial charge in [0.25, 0.3) is 5.91 Å². The third-order valence-corrected chi connectivity index (χ3v) is 4.95. The summed E-state index contributed by atoms with van der Waals surface area (Å²) in [5, 5.41) is 3.08. The van der Waals surface area contributed by atoms with Gasteiger partial charge in [0.1, 0.15) is 12.0 Å². The summed E-state index contributed by atoms with van der Waals surface area (Å²) in [5.41, 5.74) is 6.41. The first-order chi connectivity index (χ1) is 13.2. The van der Waals surface area contributed by atoms with Gasteiger partial charge in [-0.2, -0.15) is 0 Å². The minimum Gasteiger partial charge on any atom is -0.451 e. The average molecular weight is 357 g/mol. The minimum atomic E-state index is -0.0590. The number of aryl methyl sites for hydroxylation is 1. The van der Waals surface area contributed by atoms with Gasteiger partial charge in [0, 0.05) is 17.8 Å². The van der Waals surface area contributed by atoms with Crippen molar-refractivity contribution in [3.63, 3.8) is 0 Å². The molecule has 4 aromatic rings. The predicted octanol–water partition coefficient (Wildman–Crippen LogP) is 4.46. The number of carbonyl (C=O) groups is 1. The predicted molar refractivity (Wildman–Crippen MR) is 104 cm³/mol. The highest BCUT2D eigenvalue weighted by Crippen LogP contribution is 2.30. The number of hydrogen-bond donors (Lipinski definition) is 1. The Morgan fingerprint density at radius 1 is 1.19 bits per heavy atom. The van der Waals surface area contributed by atoms with Crippen molar-refractivity contribution in [2.24, 2.45) is 0 Å². The number of rotatable bonds is 4. The van der Waals surface area contributed by atoms with E-state index in [0.29, 0.717) is 17.3 Å². The van der Waals surface area contributed by atoms with Gasteiger partial charge in [-0.25, -0.2) is 4.98 Å². The molecule has 134 valence electrons. The van der Waals surface area contributed by atoms with Crippen molar-refractivity contribution in [3.8, 4) is 22.5 Å². The molecule has 27 heavy (non-hydrogen) atoms. The van der Waals surface area contributed by atoms with Gasteiger partial charge in [-0.3, -0.25) is 4.79 Å². The van der Waals surface area contributed by atoms with Crippen LogP contribution < -0.4 is 5.32 Å². The molecule has 0 saturated heterocycles. The molecule has 5 nitrogen and oxygen atoms in total. The smallest absolute Gasteiger partial charge is 0.253 e. The number of aromatic nitrogens is 2. The zero-order valence-electron chi connectivity index (χ0n) is 15.0. The molecule has 1 saturated carbocycles. The van der Waals surface area contributed by atoms with Gasteiger partial charge in [0.15, 0.2) is 6.39 Å². The molecule has 5 heteroatoms. The Morgan fingerprint density at radius 3 is 2.81 bits per heavy atom. The number of amides is 1. The molecule has 5 rings (SSSR count). The molecular formula is C22H19N3O2. The number of hydrogen-bond acceptors (Lipinski definition) is 3. The van der Waals surface area contributed by atoms with Gasteiger partial charge >= 0.3 is 0 Å². The number of nitrogens with zero attached hydrogens (tertiary/aromatic N) is 2. The molecule has 1 fully saturated rings. The van der Waals surface area contributed by atoms with Crippen molar-refractivity contribution in [3.05, 3.63) is 72.4 Å². The molecular weight excluding hydrogens is 338 g/mol. The summed E-state index contributed by atoms with van der Waals surface area (Å²) in [6.07, 6.45) is 7.13. The SMILES string of the molecule is Cc1cccc(-c2ccc3cc(C(=O)NC4CC4)c(-c4cocn4)n3c2)c1. The Morgan fingerprint density at radius 2 is 2.07 bits per heavy atom. The molecule has 3 heterocycles. The molecule has 0 aliphatic heterocycles. The standard InChI is InChI=1S/C22H19N3O2/c1-14-3-2-4-15(9-14)16-5-8-18-10-19(22(26)24-17-6-7-17)21(25(18)11-16)20-12-27-13-23-20/h2-5,8-13,17H,6-7H2,1H3,(H,24,26). The Kier molecular flexibility index (Phi) is 3.60. The van der Waals surface area contributed by atoms with Crippen LogP contribution in [0.1, 0.15) is 28.8 Å². The summed E-state index contributed by atoms with van der Waals surface area (Å²) < 4.78 is 7.21. The van der Waals surface area contributed by atoms with Crippen molar-refractivity contribution in [1.82, 2.24) is 14.7 Å². The summed E-state index contributed by atoms with van der Waals surface area (Å²) in [6.45, 7) is 2.08. The van der Waals surface area contributed by atoms with Crippen LogP contribution >= 0.6 is 0 Å². The normalized spacial score (nSPS) is 13.8. The molecule has 0 radical (unpaired) electrons. The van der Waals surface area contributed by atoms with Crippen LogP contribution in [0.5, 0.6) is 0 Å². The summed E-state index contributed by atoms with van der Waals surface area (Å²) in [7, 11) is 0. The fourth-order valence-corrected chi connectivity index (χ4v) is 3.42. The van der Waals surface area contributed by atoms with E-state index in [1.165, 1.54) is 12.0 Å². The fourth-order valence-electron chi connectivity index (χ4n) is 3.42. The Hall–Kier alpha value is -3.34. The molecule has 1 aliphatic carbocycles. The van der Waals surface area contributed by atoms with Crippen LogP contribution in [-0.2, 0) is 0 Å². The first-order valence-electron chi connectivity index (χ1n) is 9.10. The third-order valence-electron chi connectivity index (χ3n) is 4.95. The lowest BCUT2D eigenvalue weighted by Gasteiger charge is -2.08. The van der Waals surface area contributed by atoms with Gasteiger partial charge < -0.3 is 14.1 Å². The van der Waals surface area contributed by atoms with Crippen molar-refractivity contribution in [1.29, 1.82) is 0 Å². The first kappa shape index (κ1) is 15.9. The van der Waals surface area contributed by atoms with Gasteiger partial charge in [0.05, 0.1) is 11.3 Å². The van der Waals surface area contributed by atoms with E-state index in [0.717, 1.165) is 35.2 Å². The maximum absolute atomic E-state index is 12.8. The van der Waals surface area contributed by atoms with E-state index in [1.807, 2.05) is 16.5 Å². The molecule has 1 N–H and O–H groups in total. The average Bonchev–Trinajstić information content (AvgIpc) is 3.18. The van der Waals surface area contributed by atoms with Crippen LogP contribution in [0.3, 0.4) is 0 Å². The maximum Gasteiger partial charge on any atom is 0.253 e. The topological polar surface area (TPSA) is 59.5 Å². The Balaban J connectivity index is 1.69. The molecule has 1 amide bonds. The van der Waals surface area contributed by atoms with E-state index >= 15 is 0 Å². The second kappa shape index (κ2) is 6.13. The summed E-state index contributed by atoms with van der Waals surface area (Å²) in [5.74, 6) is -0.0590. The fraction of sp³-hybridized carbons (Fsp3) is 0.182. The van der Waals surface area contributed by atoms with Gasteiger partial charge in [-0.1, -0.05) is 35.9 Å². The molecule has 0 atom stereocenters. The van der Waals surface area contributed by atoms with Crippen LogP contribution in [0, 0.1) is 6.92 Å². The second-order valence-electron chi connectivity index (χ2n) is 7.11. The van der Waals surface area contributed by atoms with Crippen molar-refractivity contribution < 1.29 is 9.21 Å². The highest BCUT2D eigenvalue weighted by atomic mass is 16.3. The summed E-state index contributed by atoms with van der Waals surface area (Å²) >= 11 is 0. The van der Waals surface area contributed by atoms with E-state index in [1.54, 1.807) is 6.26 Å². The first-order valence-corrected chi connectivity index (χ1v) is 9.10. The highest BCUT2D eigenvalue weighted by molar-refractivity contribution is 6.02. The molecule has 1 aromatic carbocycles. The lowest BCUT2D eigenvalue weighted by Crippen LogP contribution is -2.25. The molecule has 1 aliphatic rings. The molecule has 0 unspecified atom stereocenters. The van der Waals surface area contributed by atoms with E-state index in [9.17, 15) is 4.79 Å². The second-order valence-corrected chi connectivity index (χ2v) is 7.11. The number of oxazole rings is 1.